The van der Waals surface area contributed by atoms with E-state index in [9.17, 15) is 15.0 Å². The summed E-state index contributed by atoms with van der Waals surface area (Å²) in [6.07, 6.45) is 3.93. The molecule has 0 bridgehead atoms. The molecule has 0 unspecified atom stereocenters. The van der Waals surface area contributed by atoms with E-state index in [-0.39, 0.29) is 29.4 Å². The Labute approximate surface area is 129 Å². The van der Waals surface area contributed by atoms with Crippen LogP contribution in [0.15, 0.2) is 42.7 Å². The van der Waals surface area contributed by atoms with Gasteiger partial charge in [-0.25, -0.2) is 0 Å². The maximum Gasteiger partial charge on any atom is 0.227 e. The zero-order valence-electron chi connectivity index (χ0n) is 12.7. The number of benzene rings is 1. The molecule has 0 saturated carbocycles. The summed E-state index contributed by atoms with van der Waals surface area (Å²) in [6, 6.07) is 8.26. The van der Waals surface area contributed by atoms with Crippen LogP contribution in [-0.4, -0.2) is 27.1 Å². The molecule has 0 aliphatic heterocycles. The second kappa shape index (κ2) is 6.93. The van der Waals surface area contributed by atoms with Crippen molar-refractivity contribution in [2.75, 3.05) is 0 Å². The second-order valence-electron chi connectivity index (χ2n) is 5.44. The molecule has 1 aromatic carbocycles. The quantitative estimate of drug-likeness (QED) is 0.740. The Kier molecular flexibility index (Phi) is 4.99. The largest absolute Gasteiger partial charge is 0.504 e. The van der Waals surface area contributed by atoms with E-state index in [0.717, 1.165) is 11.1 Å². The van der Waals surface area contributed by atoms with E-state index in [1.165, 1.54) is 12.1 Å². The minimum atomic E-state index is -0.274. The first-order valence-corrected chi connectivity index (χ1v) is 7.18. The van der Waals surface area contributed by atoms with Gasteiger partial charge in [-0.1, -0.05) is 12.1 Å². The van der Waals surface area contributed by atoms with Crippen LogP contribution in [0.5, 0.6) is 11.5 Å². The van der Waals surface area contributed by atoms with Crippen LogP contribution in [0, 0.1) is 0 Å². The number of aromatic hydroxyl groups is 2. The van der Waals surface area contributed by atoms with E-state index >= 15 is 0 Å². The van der Waals surface area contributed by atoms with Crippen LogP contribution in [0.3, 0.4) is 0 Å². The van der Waals surface area contributed by atoms with Gasteiger partial charge in [0.05, 0.1) is 5.92 Å². The van der Waals surface area contributed by atoms with Crippen LogP contribution in [0.25, 0.3) is 0 Å². The highest BCUT2D eigenvalue weighted by Crippen LogP contribution is 2.25. The number of phenolic OH excluding ortho intramolecular Hbond substituents is 2. The SMILES string of the molecule is C[C@H](Cc1ccc(O)c(O)c1)NC(=O)[C@H](C)c1cccnc1. The number of carbonyl (C=O) groups excluding carboxylic acids is 1. The van der Waals surface area contributed by atoms with Gasteiger partial charge in [-0.15, -0.1) is 0 Å². The molecular formula is C17H20N2O3. The summed E-state index contributed by atoms with van der Waals surface area (Å²) in [6.45, 7) is 3.74. The number of nitrogens with zero attached hydrogens (tertiary/aromatic N) is 1. The zero-order chi connectivity index (χ0) is 16.1. The Balaban J connectivity index is 1.95. The summed E-state index contributed by atoms with van der Waals surface area (Å²) in [7, 11) is 0. The predicted molar refractivity (Wildman–Crippen MR) is 83.7 cm³/mol. The molecule has 2 rings (SSSR count). The van der Waals surface area contributed by atoms with Crippen LogP contribution >= 0.6 is 0 Å². The van der Waals surface area contributed by atoms with Crippen molar-refractivity contribution in [3.8, 4) is 11.5 Å². The lowest BCUT2D eigenvalue weighted by Crippen LogP contribution is -2.36. The van der Waals surface area contributed by atoms with Gasteiger partial charge in [-0.05, 0) is 49.6 Å². The highest BCUT2D eigenvalue weighted by atomic mass is 16.3. The molecule has 0 radical (unpaired) electrons. The molecule has 116 valence electrons. The molecule has 5 nitrogen and oxygen atoms in total. The lowest BCUT2D eigenvalue weighted by Gasteiger charge is -2.18. The van der Waals surface area contributed by atoms with Gasteiger partial charge in [0.1, 0.15) is 0 Å². The number of pyridine rings is 1. The van der Waals surface area contributed by atoms with Crippen molar-refractivity contribution in [2.24, 2.45) is 0 Å². The number of rotatable bonds is 5. The van der Waals surface area contributed by atoms with Crippen molar-refractivity contribution in [2.45, 2.75) is 32.2 Å². The number of hydrogen-bond donors (Lipinski definition) is 3. The van der Waals surface area contributed by atoms with Gasteiger partial charge in [0, 0.05) is 18.4 Å². The molecule has 0 saturated heterocycles. The minimum absolute atomic E-state index is 0.0662. The first kappa shape index (κ1) is 15.8. The van der Waals surface area contributed by atoms with Gasteiger partial charge in [0.25, 0.3) is 0 Å². The van der Waals surface area contributed by atoms with Gasteiger partial charge in [0.2, 0.25) is 5.91 Å². The molecule has 0 spiro atoms. The summed E-state index contributed by atoms with van der Waals surface area (Å²) < 4.78 is 0. The van der Waals surface area contributed by atoms with Gasteiger partial charge in [0.15, 0.2) is 11.5 Å². The summed E-state index contributed by atoms with van der Waals surface area (Å²) in [5.41, 5.74) is 1.71. The summed E-state index contributed by atoms with van der Waals surface area (Å²) in [4.78, 5) is 16.3. The molecule has 2 aromatic rings. The highest BCUT2D eigenvalue weighted by Gasteiger charge is 2.17. The van der Waals surface area contributed by atoms with Crippen molar-refractivity contribution in [1.29, 1.82) is 0 Å². The third-order valence-electron chi connectivity index (χ3n) is 3.55. The Morgan fingerprint density at radius 1 is 1.23 bits per heavy atom. The minimum Gasteiger partial charge on any atom is -0.504 e. The Bertz CT molecular complexity index is 644. The van der Waals surface area contributed by atoms with Crippen molar-refractivity contribution >= 4 is 5.91 Å². The molecule has 1 aromatic heterocycles. The number of aromatic nitrogens is 1. The molecular weight excluding hydrogens is 280 g/mol. The maximum atomic E-state index is 12.2. The molecule has 1 amide bonds. The summed E-state index contributed by atoms with van der Waals surface area (Å²) in [5.74, 6) is -0.640. The van der Waals surface area contributed by atoms with Crippen molar-refractivity contribution in [3.63, 3.8) is 0 Å². The zero-order valence-corrected chi connectivity index (χ0v) is 12.7. The molecule has 1 heterocycles. The number of nitrogens with one attached hydrogen (secondary N) is 1. The van der Waals surface area contributed by atoms with Crippen molar-refractivity contribution < 1.29 is 15.0 Å². The average Bonchev–Trinajstić information content (AvgIpc) is 2.51. The molecule has 3 N–H and O–H groups in total. The van der Waals surface area contributed by atoms with E-state index in [4.69, 9.17) is 0 Å². The van der Waals surface area contributed by atoms with Gasteiger partial charge < -0.3 is 15.5 Å². The van der Waals surface area contributed by atoms with Gasteiger partial charge in [-0.3, -0.25) is 9.78 Å². The number of phenols is 2. The monoisotopic (exact) mass is 300 g/mol. The fourth-order valence-electron chi connectivity index (χ4n) is 2.25. The lowest BCUT2D eigenvalue weighted by molar-refractivity contribution is -0.122. The van der Waals surface area contributed by atoms with E-state index in [0.29, 0.717) is 6.42 Å². The normalized spacial score (nSPS) is 13.4. The first-order chi connectivity index (χ1) is 10.5. The maximum absolute atomic E-state index is 12.2. The third kappa shape index (κ3) is 3.97. The Morgan fingerprint density at radius 3 is 2.64 bits per heavy atom. The van der Waals surface area contributed by atoms with Gasteiger partial charge >= 0.3 is 0 Å². The summed E-state index contributed by atoms with van der Waals surface area (Å²) in [5, 5.41) is 21.7. The highest BCUT2D eigenvalue weighted by molar-refractivity contribution is 5.83. The predicted octanol–water partition coefficient (Wildman–Crippen LogP) is 2.34. The standard InChI is InChI=1S/C17H20N2O3/c1-11(8-13-5-6-15(20)16(21)9-13)19-17(22)12(2)14-4-3-7-18-10-14/h3-7,9-12,20-21H,8H2,1-2H3,(H,19,22)/t11-,12-/m1/s1. The smallest absolute Gasteiger partial charge is 0.227 e. The topological polar surface area (TPSA) is 82.5 Å². The lowest BCUT2D eigenvalue weighted by atomic mass is 10.0. The van der Waals surface area contributed by atoms with Crippen molar-refractivity contribution in [1.82, 2.24) is 10.3 Å². The molecule has 5 heteroatoms. The fraction of sp³-hybridized carbons (Fsp3) is 0.294. The van der Waals surface area contributed by atoms with Crippen molar-refractivity contribution in [3.05, 3.63) is 53.9 Å². The van der Waals surface area contributed by atoms with Crippen LogP contribution in [-0.2, 0) is 11.2 Å². The molecule has 0 aliphatic rings. The van der Waals surface area contributed by atoms with E-state index in [1.54, 1.807) is 18.5 Å². The molecule has 0 aliphatic carbocycles. The number of amides is 1. The second-order valence-corrected chi connectivity index (χ2v) is 5.44. The summed E-state index contributed by atoms with van der Waals surface area (Å²) >= 11 is 0. The van der Waals surface area contributed by atoms with Crippen LogP contribution < -0.4 is 5.32 Å². The number of carbonyl (C=O) groups is 1. The van der Waals surface area contributed by atoms with E-state index < -0.39 is 0 Å². The first-order valence-electron chi connectivity index (χ1n) is 7.18. The molecule has 22 heavy (non-hydrogen) atoms. The van der Waals surface area contributed by atoms with Crippen LogP contribution in [0.2, 0.25) is 0 Å². The van der Waals surface area contributed by atoms with E-state index in [2.05, 4.69) is 10.3 Å². The van der Waals surface area contributed by atoms with Crippen LogP contribution in [0.4, 0.5) is 0 Å². The molecule has 2 atom stereocenters. The molecule has 0 fully saturated rings. The Morgan fingerprint density at radius 2 is 2.00 bits per heavy atom. The van der Waals surface area contributed by atoms with Crippen LogP contribution in [0.1, 0.15) is 30.9 Å². The van der Waals surface area contributed by atoms with E-state index in [1.807, 2.05) is 26.0 Å². The fourth-order valence-corrected chi connectivity index (χ4v) is 2.25. The third-order valence-corrected chi connectivity index (χ3v) is 3.55. The Hall–Kier alpha value is -2.56. The van der Waals surface area contributed by atoms with Gasteiger partial charge in [-0.2, -0.15) is 0 Å². The number of hydrogen-bond acceptors (Lipinski definition) is 4. The average molecular weight is 300 g/mol.